The van der Waals surface area contributed by atoms with Gasteiger partial charge in [-0.3, -0.25) is 0 Å². The molecule has 6 heteroatoms. The van der Waals surface area contributed by atoms with Gasteiger partial charge >= 0.3 is 0 Å². The van der Waals surface area contributed by atoms with Crippen LogP contribution in [0, 0.1) is 3.57 Å². The van der Waals surface area contributed by atoms with Crippen molar-refractivity contribution in [3.05, 3.63) is 43.2 Å². The average Bonchev–Trinajstić information content (AvgIpc) is 2.26. The van der Waals surface area contributed by atoms with Gasteiger partial charge in [0.05, 0.1) is 3.57 Å². The summed E-state index contributed by atoms with van der Waals surface area (Å²) >= 11 is 19.7. The van der Waals surface area contributed by atoms with Crippen molar-refractivity contribution < 1.29 is 0 Å². The minimum Gasteiger partial charge on any atom is -0.215 e. The molecular weight excluding hydrogens is 381 g/mol. The molecule has 0 bridgehead atoms. The maximum Gasteiger partial charge on any atom is 0.162 e. The van der Waals surface area contributed by atoms with Gasteiger partial charge in [0.2, 0.25) is 0 Å². The van der Waals surface area contributed by atoms with Crippen LogP contribution in [0.5, 0.6) is 0 Å². The van der Waals surface area contributed by atoms with Crippen LogP contribution in [0.1, 0.15) is 0 Å². The number of rotatable bonds is 1. The zero-order valence-electron chi connectivity index (χ0n) is 7.72. The third-order valence-corrected chi connectivity index (χ3v) is 4.33. The van der Waals surface area contributed by atoms with E-state index in [1.54, 1.807) is 12.1 Å². The normalized spacial score (nSPS) is 10.5. The largest absolute Gasteiger partial charge is 0.215 e. The monoisotopic (exact) mass is 384 g/mol. The smallest absolute Gasteiger partial charge is 0.162 e. The van der Waals surface area contributed by atoms with Gasteiger partial charge in [0.1, 0.15) is 10.3 Å². The summed E-state index contributed by atoms with van der Waals surface area (Å²) in [5, 5.41) is 1.36. The van der Waals surface area contributed by atoms with Gasteiger partial charge in [0, 0.05) is 10.6 Å². The molecule has 0 atom stereocenters. The van der Waals surface area contributed by atoms with Crippen molar-refractivity contribution >= 4 is 57.4 Å². The number of hydrogen-bond acceptors (Lipinski definition) is 2. The molecule has 0 radical (unpaired) electrons. The van der Waals surface area contributed by atoms with Gasteiger partial charge in [-0.05, 0) is 46.9 Å². The van der Waals surface area contributed by atoms with E-state index in [9.17, 15) is 0 Å². The molecule has 0 amide bonds. The Morgan fingerprint density at radius 2 is 1.38 bits per heavy atom. The van der Waals surface area contributed by atoms with Crippen molar-refractivity contribution in [2.75, 3.05) is 0 Å². The molecule has 0 saturated heterocycles. The fraction of sp³-hybridized carbons (Fsp3) is 0. The van der Waals surface area contributed by atoms with E-state index in [0.29, 0.717) is 24.7 Å². The first-order valence-electron chi connectivity index (χ1n) is 4.22. The van der Waals surface area contributed by atoms with Gasteiger partial charge in [-0.2, -0.15) is 0 Å². The van der Waals surface area contributed by atoms with E-state index < -0.39 is 0 Å². The van der Waals surface area contributed by atoms with E-state index in [-0.39, 0.29) is 0 Å². The highest BCUT2D eigenvalue weighted by Crippen LogP contribution is 2.27. The van der Waals surface area contributed by atoms with Gasteiger partial charge in [-0.15, -0.1) is 0 Å². The molecule has 0 spiro atoms. The second-order valence-corrected chi connectivity index (χ2v) is 5.18. The van der Waals surface area contributed by atoms with Gasteiger partial charge < -0.3 is 0 Å². The molecule has 1 heterocycles. The molecule has 0 N–H and O–H groups in total. The van der Waals surface area contributed by atoms with Crippen molar-refractivity contribution in [1.29, 1.82) is 0 Å². The van der Waals surface area contributed by atoms with Crippen molar-refractivity contribution in [3.8, 4) is 11.4 Å². The summed E-state index contributed by atoms with van der Waals surface area (Å²) in [5.74, 6) is 0.493. The van der Waals surface area contributed by atoms with Crippen molar-refractivity contribution in [3.63, 3.8) is 0 Å². The van der Waals surface area contributed by atoms with Crippen LogP contribution >= 0.6 is 57.4 Å². The van der Waals surface area contributed by atoms with E-state index in [1.807, 2.05) is 34.7 Å². The van der Waals surface area contributed by atoms with Gasteiger partial charge in [-0.1, -0.05) is 34.8 Å². The lowest BCUT2D eigenvalue weighted by molar-refractivity contribution is 1.16. The van der Waals surface area contributed by atoms with Crippen LogP contribution in [0.25, 0.3) is 11.4 Å². The highest BCUT2D eigenvalue weighted by molar-refractivity contribution is 14.1. The molecule has 2 rings (SSSR count). The summed E-state index contributed by atoms with van der Waals surface area (Å²) in [4.78, 5) is 8.31. The van der Waals surface area contributed by atoms with Crippen LogP contribution in [0.4, 0.5) is 0 Å². The number of benzene rings is 1. The molecular formula is C10H4Cl3IN2. The Labute approximate surface area is 121 Å². The predicted molar refractivity (Wildman–Crippen MR) is 75.2 cm³/mol. The van der Waals surface area contributed by atoms with E-state index in [4.69, 9.17) is 34.8 Å². The molecule has 1 aromatic carbocycles. The molecule has 0 aliphatic carbocycles. The van der Waals surface area contributed by atoms with E-state index in [1.165, 1.54) is 0 Å². The average molecular weight is 385 g/mol. The van der Waals surface area contributed by atoms with Crippen LogP contribution in [-0.2, 0) is 0 Å². The number of aromatic nitrogens is 2. The van der Waals surface area contributed by atoms with Crippen molar-refractivity contribution in [2.45, 2.75) is 0 Å². The first-order chi connectivity index (χ1) is 7.58. The molecule has 16 heavy (non-hydrogen) atoms. The second-order valence-electron chi connectivity index (χ2n) is 2.95. The topological polar surface area (TPSA) is 25.8 Å². The van der Waals surface area contributed by atoms with Crippen molar-refractivity contribution in [2.24, 2.45) is 0 Å². The van der Waals surface area contributed by atoms with E-state index in [0.717, 1.165) is 5.56 Å². The summed E-state index contributed by atoms with van der Waals surface area (Å²) < 4.78 is 0.652. The molecule has 0 saturated carbocycles. The zero-order chi connectivity index (χ0) is 11.7. The summed E-state index contributed by atoms with van der Waals surface area (Å²) in [6.07, 6.45) is 0. The highest BCUT2D eigenvalue weighted by atomic mass is 127. The number of nitrogens with zero attached hydrogens (tertiary/aromatic N) is 2. The summed E-state index contributed by atoms with van der Waals surface area (Å²) in [6.45, 7) is 0. The fourth-order valence-corrected chi connectivity index (χ4v) is 1.88. The minimum absolute atomic E-state index is 0.352. The third kappa shape index (κ3) is 2.59. The Kier molecular flexibility index (Phi) is 3.89. The summed E-state index contributed by atoms with van der Waals surface area (Å²) in [6, 6.07) is 7.16. The lowest BCUT2D eigenvalue weighted by atomic mass is 10.2. The van der Waals surface area contributed by atoms with Crippen LogP contribution < -0.4 is 0 Å². The first kappa shape index (κ1) is 12.4. The maximum atomic E-state index is 5.93. The quantitative estimate of drug-likeness (QED) is 0.525. The fourth-order valence-electron chi connectivity index (χ4n) is 1.12. The predicted octanol–water partition coefficient (Wildman–Crippen LogP) is 4.71. The molecule has 0 aliphatic heterocycles. The van der Waals surface area contributed by atoms with Crippen LogP contribution in [0.15, 0.2) is 24.3 Å². The first-order valence-corrected chi connectivity index (χ1v) is 6.43. The number of halogens is 4. The highest BCUT2D eigenvalue weighted by Gasteiger charge is 2.10. The van der Waals surface area contributed by atoms with Crippen LogP contribution in [0.3, 0.4) is 0 Å². The van der Waals surface area contributed by atoms with Gasteiger partial charge in [0.15, 0.2) is 5.82 Å². The minimum atomic E-state index is 0.352. The SMILES string of the molecule is Clc1ccc(-c2nc(Cl)c(I)c(Cl)n2)cc1. The lowest BCUT2D eigenvalue weighted by Gasteiger charge is -2.03. The van der Waals surface area contributed by atoms with E-state index in [2.05, 4.69) is 9.97 Å². The third-order valence-electron chi connectivity index (χ3n) is 1.87. The van der Waals surface area contributed by atoms with E-state index >= 15 is 0 Å². The summed E-state index contributed by atoms with van der Waals surface area (Å²) in [7, 11) is 0. The molecule has 0 fully saturated rings. The zero-order valence-corrected chi connectivity index (χ0v) is 12.1. The maximum absolute atomic E-state index is 5.93. The Morgan fingerprint density at radius 1 is 0.875 bits per heavy atom. The standard InChI is InChI=1S/C10H4Cl3IN2/c11-6-3-1-5(2-4-6)10-15-8(12)7(14)9(13)16-10/h1-4H. The Morgan fingerprint density at radius 3 is 1.88 bits per heavy atom. The Bertz CT molecular complexity index is 505. The second kappa shape index (κ2) is 5.04. The van der Waals surface area contributed by atoms with Crippen LogP contribution in [-0.4, -0.2) is 9.97 Å². The summed E-state index contributed by atoms with van der Waals surface area (Å²) in [5.41, 5.74) is 0.824. The molecule has 82 valence electrons. The molecule has 2 aromatic rings. The Balaban J connectivity index is 2.52. The molecule has 2 nitrogen and oxygen atoms in total. The lowest BCUT2D eigenvalue weighted by Crippen LogP contribution is -1.93. The Hall–Kier alpha value is -0.100. The van der Waals surface area contributed by atoms with Crippen molar-refractivity contribution in [1.82, 2.24) is 9.97 Å². The molecule has 1 aromatic heterocycles. The van der Waals surface area contributed by atoms with Gasteiger partial charge in [0.25, 0.3) is 0 Å². The van der Waals surface area contributed by atoms with Crippen LogP contribution in [0.2, 0.25) is 15.3 Å². The molecule has 0 aliphatic rings. The molecule has 0 unspecified atom stereocenters. The number of hydrogen-bond donors (Lipinski definition) is 0. The van der Waals surface area contributed by atoms with Gasteiger partial charge in [-0.25, -0.2) is 9.97 Å².